The molecule has 0 amide bonds. The molecule has 1 aliphatic heterocycles. The molecule has 0 spiro atoms. The van der Waals surface area contributed by atoms with Crippen molar-refractivity contribution in [3.8, 4) is 0 Å². The van der Waals surface area contributed by atoms with E-state index in [2.05, 4.69) is 33.8 Å². The van der Waals surface area contributed by atoms with Crippen molar-refractivity contribution in [3.05, 3.63) is 69.2 Å². The van der Waals surface area contributed by atoms with Crippen LogP contribution in [0.1, 0.15) is 43.5 Å². The van der Waals surface area contributed by atoms with Gasteiger partial charge in [-0.15, -0.1) is 0 Å². The number of carbonyl (C=O) groups excluding carboxylic acids is 1. The number of halogens is 2. The topological polar surface area (TPSA) is 29.5 Å². The van der Waals surface area contributed by atoms with Gasteiger partial charge in [0.2, 0.25) is 0 Å². The average Bonchev–Trinajstić information content (AvgIpc) is 2.94. The van der Waals surface area contributed by atoms with E-state index in [4.69, 9.17) is 16.3 Å². The van der Waals surface area contributed by atoms with E-state index in [0.717, 1.165) is 28.3 Å². The van der Waals surface area contributed by atoms with Crippen molar-refractivity contribution in [1.29, 1.82) is 0 Å². The Morgan fingerprint density at radius 2 is 2.12 bits per heavy atom. The van der Waals surface area contributed by atoms with Crippen LogP contribution in [0, 0.1) is 0 Å². The fourth-order valence-electron chi connectivity index (χ4n) is 3.53. The Balaban J connectivity index is 1.96. The molecule has 0 aromatic heterocycles. The molecule has 1 aliphatic rings. The second-order valence-corrected chi connectivity index (χ2v) is 7.72. The Bertz CT molecular complexity index is 769. The summed E-state index contributed by atoms with van der Waals surface area (Å²) in [6, 6.07) is 15.9. The van der Waals surface area contributed by atoms with Gasteiger partial charge in [0.25, 0.3) is 0 Å². The highest BCUT2D eigenvalue weighted by Crippen LogP contribution is 2.43. The number of nitrogens with zero attached hydrogens (tertiary/aromatic N) is 1. The zero-order valence-corrected chi connectivity index (χ0v) is 16.6. The predicted octanol–water partition coefficient (Wildman–Crippen LogP) is 5.54. The Kier molecular flexibility index (Phi) is 5.64. The summed E-state index contributed by atoms with van der Waals surface area (Å²) in [6.07, 6.45) is 1.59. The molecule has 3 unspecified atom stereocenters. The van der Waals surface area contributed by atoms with Gasteiger partial charge in [0.15, 0.2) is 12.0 Å². The molecule has 0 saturated carbocycles. The van der Waals surface area contributed by atoms with E-state index in [1.54, 1.807) is 0 Å². The third kappa shape index (κ3) is 3.68. The largest absolute Gasteiger partial charge is 0.344 e. The van der Waals surface area contributed by atoms with Crippen LogP contribution in [0.25, 0.3) is 0 Å². The molecule has 132 valence electrons. The molecular formula is C20H21BrClNO2. The normalized spacial score (nSPS) is 25.0. The number of aldehydes is 1. The molecule has 0 aliphatic carbocycles. The van der Waals surface area contributed by atoms with Gasteiger partial charge >= 0.3 is 0 Å². The molecule has 1 fully saturated rings. The molecule has 25 heavy (non-hydrogen) atoms. The van der Waals surface area contributed by atoms with Crippen molar-refractivity contribution in [3.63, 3.8) is 0 Å². The zero-order valence-electron chi connectivity index (χ0n) is 14.3. The number of ether oxygens (including phenoxy) is 1. The summed E-state index contributed by atoms with van der Waals surface area (Å²) in [6.45, 7) is 4.59. The van der Waals surface area contributed by atoms with Gasteiger partial charge in [-0.3, -0.25) is 9.69 Å². The van der Waals surface area contributed by atoms with Crippen LogP contribution in [0.2, 0.25) is 5.02 Å². The molecule has 3 atom stereocenters. The van der Waals surface area contributed by atoms with Gasteiger partial charge < -0.3 is 4.74 Å². The molecule has 1 saturated heterocycles. The molecule has 0 bridgehead atoms. The van der Waals surface area contributed by atoms with Gasteiger partial charge in [-0.05, 0) is 42.7 Å². The van der Waals surface area contributed by atoms with Crippen LogP contribution in [0.3, 0.4) is 0 Å². The number of rotatable bonds is 5. The number of hydrogen-bond acceptors (Lipinski definition) is 3. The van der Waals surface area contributed by atoms with Crippen LogP contribution in [-0.4, -0.2) is 23.5 Å². The third-order valence-electron chi connectivity index (χ3n) is 4.78. The van der Waals surface area contributed by atoms with Crippen molar-refractivity contribution in [1.82, 2.24) is 4.90 Å². The molecule has 5 heteroatoms. The predicted molar refractivity (Wildman–Crippen MR) is 104 cm³/mol. The minimum Gasteiger partial charge on any atom is -0.344 e. The van der Waals surface area contributed by atoms with E-state index in [-0.39, 0.29) is 12.1 Å². The van der Waals surface area contributed by atoms with Gasteiger partial charge in [-0.25, -0.2) is 0 Å². The lowest BCUT2D eigenvalue weighted by Crippen LogP contribution is -2.45. The van der Waals surface area contributed by atoms with Crippen molar-refractivity contribution >= 4 is 33.8 Å². The highest BCUT2D eigenvalue weighted by Gasteiger charge is 2.47. The van der Waals surface area contributed by atoms with Crippen LogP contribution in [-0.2, 0) is 9.53 Å². The first-order chi connectivity index (χ1) is 12.0. The monoisotopic (exact) mass is 421 g/mol. The third-order valence-corrected chi connectivity index (χ3v) is 5.74. The van der Waals surface area contributed by atoms with Gasteiger partial charge in [-0.1, -0.05) is 64.8 Å². The second-order valence-electron chi connectivity index (χ2n) is 6.43. The standard InChI is InChI=1S/C20H21BrClNO2/c1-3-18(14-7-6-8-15(22)11-14)23-12-19(25-20(23,2)13-24)16-9-4-5-10-17(16)21/h4-11,13,18-19H,3,12H2,1-2H3. The van der Waals surface area contributed by atoms with Crippen molar-refractivity contribution < 1.29 is 9.53 Å². The van der Waals surface area contributed by atoms with Crippen LogP contribution in [0.15, 0.2) is 53.0 Å². The Morgan fingerprint density at radius 1 is 1.36 bits per heavy atom. The van der Waals surface area contributed by atoms with Crippen molar-refractivity contribution in [2.45, 2.75) is 38.1 Å². The summed E-state index contributed by atoms with van der Waals surface area (Å²) < 4.78 is 7.20. The minimum atomic E-state index is -0.969. The molecular weight excluding hydrogens is 402 g/mol. The van der Waals surface area contributed by atoms with Crippen LogP contribution < -0.4 is 0 Å². The zero-order chi connectivity index (χ0) is 18.0. The quantitative estimate of drug-likeness (QED) is 0.592. The fraction of sp³-hybridized carbons (Fsp3) is 0.350. The molecule has 3 rings (SSSR count). The van der Waals surface area contributed by atoms with Crippen molar-refractivity contribution in [2.24, 2.45) is 0 Å². The Hall–Kier alpha value is -1.20. The first-order valence-electron chi connectivity index (χ1n) is 8.39. The maximum absolute atomic E-state index is 11.9. The lowest BCUT2D eigenvalue weighted by Gasteiger charge is -2.35. The highest BCUT2D eigenvalue weighted by molar-refractivity contribution is 9.10. The summed E-state index contributed by atoms with van der Waals surface area (Å²) >= 11 is 9.77. The maximum atomic E-state index is 11.9. The summed E-state index contributed by atoms with van der Waals surface area (Å²) in [5, 5.41) is 0.700. The van der Waals surface area contributed by atoms with E-state index in [0.29, 0.717) is 11.6 Å². The van der Waals surface area contributed by atoms with Gasteiger partial charge in [0, 0.05) is 22.1 Å². The van der Waals surface area contributed by atoms with Gasteiger partial charge in [0.1, 0.15) is 0 Å². The first-order valence-corrected chi connectivity index (χ1v) is 9.56. The van der Waals surface area contributed by atoms with Crippen molar-refractivity contribution in [2.75, 3.05) is 6.54 Å². The number of hydrogen-bond donors (Lipinski definition) is 0. The second kappa shape index (κ2) is 7.58. The number of benzene rings is 2. The lowest BCUT2D eigenvalue weighted by atomic mass is 10.00. The summed E-state index contributed by atoms with van der Waals surface area (Å²) in [7, 11) is 0. The highest BCUT2D eigenvalue weighted by atomic mass is 79.9. The smallest absolute Gasteiger partial charge is 0.176 e. The SMILES string of the molecule is CCC(c1cccc(Cl)c1)N1CC(c2ccccc2Br)OC1(C)C=O. The molecule has 2 aromatic carbocycles. The fourth-order valence-corrected chi connectivity index (χ4v) is 4.27. The molecule has 3 nitrogen and oxygen atoms in total. The van der Waals surface area contributed by atoms with Gasteiger partial charge in [-0.2, -0.15) is 0 Å². The van der Waals surface area contributed by atoms with E-state index in [1.165, 1.54) is 0 Å². The molecule has 2 aromatic rings. The van der Waals surface area contributed by atoms with E-state index < -0.39 is 5.72 Å². The number of carbonyl (C=O) groups is 1. The summed E-state index contributed by atoms with van der Waals surface area (Å²) in [4.78, 5) is 14.0. The first kappa shape index (κ1) is 18.6. The van der Waals surface area contributed by atoms with E-state index >= 15 is 0 Å². The Morgan fingerprint density at radius 3 is 2.76 bits per heavy atom. The van der Waals surface area contributed by atoms with Gasteiger partial charge in [0.05, 0.1) is 6.10 Å². The lowest BCUT2D eigenvalue weighted by molar-refractivity contribution is -0.146. The summed E-state index contributed by atoms with van der Waals surface area (Å²) in [5.41, 5.74) is 1.18. The summed E-state index contributed by atoms with van der Waals surface area (Å²) in [5.74, 6) is 0. The Labute approximate surface area is 162 Å². The van der Waals surface area contributed by atoms with E-state index in [1.807, 2.05) is 49.4 Å². The maximum Gasteiger partial charge on any atom is 0.176 e. The average molecular weight is 423 g/mol. The van der Waals surface area contributed by atoms with Crippen LogP contribution >= 0.6 is 27.5 Å². The van der Waals surface area contributed by atoms with Crippen LogP contribution in [0.5, 0.6) is 0 Å². The van der Waals surface area contributed by atoms with Crippen LogP contribution in [0.4, 0.5) is 0 Å². The minimum absolute atomic E-state index is 0.0568. The molecule has 0 N–H and O–H groups in total. The molecule has 1 heterocycles. The molecule has 0 radical (unpaired) electrons. The van der Waals surface area contributed by atoms with E-state index in [9.17, 15) is 4.79 Å².